The molecule has 0 aromatic carbocycles. The standard InChI is InChI=1S/CH2F.3ClH.Ti/c1-2;;;;/h1H2;3*1H;/q;;;;+3/p-3. The molecule has 5 heteroatoms. The van der Waals surface area contributed by atoms with E-state index >= 15 is 0 Å². The van der Waals surface area contributed by atoms with Crippen LogP contribution in [-0.2, 0) is 21.7 Å². The van der Waals surface area contributed by atoms with Gasteiger partial charge in [0.1, 0.15) is 7.18 Å². The Morgan fingerprint density at radius 2 is 0.833 bits per heavy atom. The number of rotatable bonds is 0. The molecular weight excluding hydrogens is 185 g/mol. The number of hydrogen-bond donors (Lipinski definition) is 0. The molecule has 0 atom stereocenters. The van der Waals surface area contributed by atoms with Crippen LogP contribution >= 0.6 is 0 Å². The molecule has 0 aromatic rings. The van der Waals surface area contributed by atoms with Gasteiger partial charge in [-0.3, -0.25) is 0 Å². The van der Waals surface area contributed by atoms with E-state index in [0.717, 1.165) is 0 Å². The zero-order valence-electron chi connectivity index (χ0n) is 2.72. The van der Waals surface area contributed by atoms with Crippen molar-refractivity contribution in [3.63, 3.8) is 0 Å². The van der Waals surface area contributed by atoms with Crippen LogP contribution in [0.1, 0.15) is 0 Å². The van der Waals surface area contributed by atoms with Gasteiger partial charge < -0.3 is 37.2 Å². The molecule has 0 aromatic heterocycles. The predicted octanol–water partition coefficient (Wildman–Crippen LogP) is -8.24. The number of hydrogen-bond acceptors (Lipinski definition) is 0. The molecular formula is CH2Cl3FTi. The van der Waals surface area contributed by atoms with Crippen LogP contribution in [0.3, 0.4) is 0 Å². The average Bonchev–Trinajstić information content (AvgIpc) is 1.00. The Morgan fingerprint density at radius 3 is 0.833 bits per heavy atom. The van der Waals surface area contributed by atoms with E-state index in [0.29, 0.717) is 0 Å². The first-order chi connectivity index (χ1) is 1.00. The van der Waals surface area contributed by atoms with Crippen molar-refractivity contribution in [2.24, 2.45) is 0 Å². The van der Waals surface area contributed by atoms with E-state index in [1.54, 1.807) is 7.18 Å². The SMILES string of the molecule is [CH2]F.[Cl-].[Cl-].[Cl-].[Ti+3]. The van der Waals surface area contributed by atoms with Crippen LogP contribution in [0.4, 0.5) is 4.39 Å². The predicted molar refractivity (Wildman–Crippen MR) is 6.46 cm³/mol. The summed E-state index contributed by atoms with van der Waals surface area (Å²) in [5.41, 5.74) is 0. The first kappa shape index (κ1) is 50.4. The van der Waals surface area contributed by atoms with Crippen molar-refractivity contribution in [1.82, 2.24) is 0 Å². The maximum absolute atomic E-state index is 9.25. The van der Waals surface area contributed by atoms with Gasteiger partial charge >= 0.3 is 21.7 Å². The molecule has 0 saturated carbocycles. The van der Waals surface area contributed by atoms with Crippen LogP contribution in [0, 0.1) is 7.18 Å². The molecule has 0 aliphatic heterocycles. The largest absolute Gasteiger partial charge is 3.00 e. The van der Waals surface area contributed by atoms with Gasteiger partial charge in [0.25, 0.3) is 0 Å². The van der Waals surface area contributed by atoms with Crippen molar-refractivity contribution in [2.45, 2.75) is 0 Å². The third kappa shape index (κ3) is 49.0. The second kappa shape index (κ2) is 86.4. The molecule has 0 fully saturated rings. The van der Waals surface area contributed by atoms with Gasteiger partial charge in [-0.05, 0) is 0 Å². The van der Waals surface area contributed by atoms with E-state index < -0.39 is 0 Å². The Hall–Kier alpha value is 1.51. The summed E-state index contributed by atoms with van der Waals surface area (Å²) in [6, 6.07) is 0. The fraction of sp³-hybridized carbons (Fsp3) is 0. The third-order valence-corrected chi connectivity index (χ3v) is 0. The maximum Gasteiger partial charge on any atom is 3.00 e. The van der Waals surface area contributed by atoms with Crippen LogP contribution in [0.2, 0.25) is 0 Å². The molecule has 0 N–H and O–H groups in total. The normalized spacial score (nSPS) is 1.00. The summed E-state index contributed by atoms with van der Waals surface area (Å²) in [6.45, 7) is 0. The minimum atomic E-state index is 0. The Labute approximate surface area is 70.4 Å². The molecule has 0 unspecified atom stereocenters. The van der Waals surface area contributed by atoms with E-state index in [4.69, 9.17) is 0 Å². The zero-order chi connectivity index (χ0) is 2.00. The Balaban J connectivity index is -0.000000000833. The molecule has 0 rings (SSSR count). The summed E-state index contributed by atoms with van der Waals surface area (Å²) in [6.07, 6.45) is 0. The summed E-state index contributed by atoms with van der Waals surface area (Å²) in [5, 5.41) is 0. The first-order valence-corrected chi connectivity index (χ1v) is 0.267. The van der Waals surface area contributed by atoms with Crippen LogP contribution < -0.4 is 37.2 Å². The van der Waals surface area contributed by atoms with Crippen LogP contribution in [0.25, 0.3) is 0 Å². The molecule has 0 amide bonds. The van der Waals surface area contributed by atoms with Gasteiger partial charge in [0.15, 0.2) is 0 Å². The molecule has 0 nitrogen and oxygen atoms in total. The van der Waals surface area contributed by atoms with Crippen LogP contribution in [0.5, 0.6) is 0 Å². The van der Waals surface area contributed by atoms with Crippen LogP contribution in [0.15, 0.2) is 0 Å². The molecule has 6 heavy (non-hydrogen) atoms. The summed E-state index contributed by atoms with van der Waals surface area (Å²) in [7, 11) is 1.75. The van der Waals surface area contributed by atoms with E-state index in [9.17, 15) is 4.39 Å². The van der Waals surface area contributed by atoms with Crippen molar-refractivity contribution in [3.05, 3.63) is 7.18 Å². The molecule has 0 spiro atoms. The minimum Gasteiger partial charge on any atom is -1.00 e. The molecule has 2 radical (unpaired) electrons. The zero-order valence-corrected chi connectivity index (χ0v) is 6.55. The van der Waals surface area contributed by atoms with Crippen LogP contribution in [-0.4, -0.2) is 0 Å². The van der Waals surface area contributed by atoms with Gasteiger partial charge in [0.05, 0.1) is 0 Å². The molecule has 0 bridgehead atoms. The van der Waals surface area contributed by atoms with Gasteiger partial charge in [0.2, 0.25) is 0 Å². The fourth-order valence-electron chi connectivity index (χ4n) is 0. The summed E-state index contributed by atoms with van der Waals surface area (Å²) < 4.78 is 9.25. The first-order valence-electron chi connectivity index (χ1n) is 0.267. The summed E-state index contributed by atoms with van der Waals surface area (Å²) in [4.78, 5) is 0. The number of halogens is 4. The van der Waals surface area contributed by atoms with Crippen molar-refractivity contribution in [1.29, 1.82) is 0 Å². The van der Waals surface area contributed by atoms with E-state index in [1.807, 2.05) is 0 Å². The average molecular weight is 187 g/mol. The van der Waals surface area contributed by atoms with E-state index in [-0.39, 0.29) is 58.9 Å². The van der Waals surface area contributed by atoms with Gasteiger partial charge in [-0.15, -0.1) is 0 Å². The quantitative estimate of drug-likeness (QED) is 0.330. The Kier molecular flexibility index (Phi) is 726. The third-order valence-electron chi connectivity index (χ3n) is 0. The molecule has 0 saturated heterocycles. The Bertz CT molecular complexity index is 10.8. The van der Waals surface area contributed by atoms with Gasteiger partial charge in [-0.2, -0.15) is 0 Å². The summed E-state index contributed by atoms with van der Waals surface area (Å²) in [5.74, 6) is 0. The second-order valence-electron chi connectivity index (χ2n) is 0. The topological polar surface area (TPSA) is 0 Å². The fourth-order valence-corrected chi connectivity index (χ4v) is 0. The molecule has 38 valence electrons. The second-order valence-corrected chi connectivity index (χ2v) is 0. The van der Waals surface area contributed by atoms with E-state index in [2.05, 4.69) is 0 Å². The van der Waals surface area contributed by atoms with Crippen molar-refractivity contribution in [3.8, 4) is 0 Å². The van der Waals surface area contributed by atoms with E-state index in [1.165, 1.54) is 0 Å². The molecule has 0 aliphatic rings. The van der Waals surface area contributed by atoms with Gasteiger partial charge in [-0.1, -0.05) is 0 Å². The van der Waals surface area contributed by atoms with Gasteiger partial charge in [0, 0.05) is 0 Å². The summed E-state index contributed by atoms with van der Waals surface area (Å²) >= 11 is 0. The minimum absolute atomic E-state index is 0. The maximum atomic E-state index is 9.25. The van der Waals surface area contributed by atoms with Gasteiger partial charge in [-0.25, -0.2) is 4.39 Å². The molecule has 0 heterocycles. The van der Waals surface area contributed by atoms with Crippen molar-refractivity contribution in [2.75, 3.05) is 0 Å². The smallest absolute Gasteiger partial charge is 1.00 e. The van der Waals surface area contributed by atoms with Crippen molar-refractivity contribution >= 4 is 0 Å². The van der Waals surface area contributed by atoms with Crippen molar-refractivity contribution < 1.29 is 63.3 Å². The Morgan fingerprint density at radius 1 is 0.833 bits per heavy atom. The monoisotopic (exact) mass is 186 g/mol. The molecule has 0 aliphatic carbocycles.